The van der Waals surface area contributed by atoms with Crippen LogP contribution in [-0.4, -0.2) is 47.7 Å². The molecule has 0 atom stereocenters. The van der Waals surface area contributed by atoms with Gasteiger partial charge in [0.2, 0.25) is 0 Å². The van der Waals surface area contributed by atoms with E-state index in [-0.39, 0.29) is 10.8 Å². The molecule has 1 aliphatic heterocycles. The van der Waals surface area contributed by atoms with E-state index in [9.17, 15) is 18.0 Å². The van der Waals surface area contributed by atoms with Crippen molar-refractivity contribution in [1.29, 1.82) is 0 Å². The van der Waals surface area contributed by atoms with Crippen LogP contribution in [0.25, 0.3) is 0 Å². The van der Waals surface area contributed by atoms with Crippen molar-refractivity contribution in [2.45, 2.75) is 18.0 Å². The Labute approximate surface area is 144 Å². The fourth-order valence-electron chi connectivity index (χ4n) is 2.80. The first kappa shape index (κ1) is 17.2. The van der Waals surface area contributed by atoms with Gasteiger partial charge in [0, 0.05) is 36.8 Å². The van der Waals surface area contributed by atoms with E-state index in [2.05, 4.69) is 0 Å². The van der Waals surface area contributed by atoms with Gasteiger partial charge in [0.1, 0.15) is 0 Å². The summed E-state index contributed by atoms with van der Waals surface area (Å²) in [5, 5.41) is 8.71. The van der Waals surface area contributed by atoms with E-state index in [4.69, 9.17) is 5.21 Å². The van der Waals surface area contributed by atoms with Crippen LogP contribution in [-0.2, 0) is 22.9 Å². The van der Waals surface area contributed by atoms with Gasteiger partial charge in [0.25, 0.3) is 11.8 Å². The summed E-state index contributed by atoms with van der Waals surface area (Å²) in [7, 11) is -3.39. The zero-order valence-corrected chi connectivity index (χ0v) is 14.3. The molecular weight excluding hydrogens is 346 g/mol. The molecule has 1 aliphatic rings. The Morgan fingerprint density at radius 2 is 1.92 bits per heavy atom. The van der Waals surface area contributed by atoms with Gasteiger partial charge in [-0.15, -0.1) is 0 Å². The summed E-state index contributed by atoms with van der Waals surface area (Å²) in [4.78, 5) is 25.9. The molecule has 1 aromatic carbocycles. The highest BCUT2D eigenvalue weighted by Crippen LogP contribution is 2.20. The van der Waals surface area contributed by atoms with Gasteiger partial charge in [-0.3, -0.25) is 14.8 Å². The Balaban J connectivity index is 1.83. The predicted molar refractivity (Wildman–Crippen MR) is 88.0 cm³/mol. The molecule has 2 heterocycles. The molecule has 0 unspecified atom stereocenters. The molecule has 2 N–H and O–H groups in total. The van der Waals surface area contributed by atoms with Crippen LogP contribution in [0.3, 0.4) is 0 Å². The molecule has 0 fully saturated rings. The number of carbonyl (C=O) groups excluding carboxylic acids is 2. The van der Waals surface area contributed by atoms with Crippen molar-refractivity contribution in [2.24, 2.45) is 0 Å². The lowest BCUT2D eigenvalue weighted by molar-refractivity contribution is 0.0701. The number of nitrogens with zero attached hydrogens (tertiary/aromatic N) is 2. The zero-order chi connectivity index (χ0) is 18.2. The lowest BCUT2D eigenvalue weighted by Crippen LogP contribution is -2.37. The van der Waals surface area contributed by atoms with Crippen molar-refractivity contribution >= 4 is 21.7 Å². The van der Waals surface area contributed by atoms with Gasteiger partial charge in [-0.05, 0) is 24.3 Å². The minimum atomic E-state index is -3.39. The summed E-state index contributed by atoms with van der Waals surface area (Å²) in [5.41, 5.74) is 2.96. The van der Waals surface area contributed by atoms with Crippen LogP contribution in [0.15, 0.2) is 41.4 Å². The smallest absolute Gasteiger partial charge is 0.276 e. The molecule has 0 radical (unpaired) electrons. The van der Waals surface area contributed by atoms with E-state index >= 15 is 0 Å². The van der Waals surface area contributed by atoms with Gasteiger partial charge in [-0.2, -0.15) is 0 Å². The maximum absolute atomic E-state index is 12.7. The molecule has 0 bridgehead atoms. The quantitative estimate of drug-likeness (QED) is 0.615. The summed E-state index contributed by atoms with van der Waals surface area (Å²) in [5.74, 6) is -0.883. The Morgan fingerprint density at radius 1 is 1.16 bits per heavy atom. The highest BCUT2D eigenvalue weighted by atomic mass is 32.2. The normalized spacial score (nSPS) is 14.1. The molecule has 0 saturated carbocycles. The van der Waals surface area contributed by atoms with E-state index < -0.39 is 15.7 Å². The molecule has 2 aromatic rings. The molecular formula is C16H17N3O5S. The van der Waals surface area contributed by atoms with Crippen molar-refractivity contribution in [3.05, 3.63) is 53.3 Å². The molecule has 132 valence electrons. The fourth-order valence-corrected chi connectivity index (χ4v) is 3.47. The zero-order valence-electron chi connectivity index (χ0n) is 13.5. The van der Waals surface area contributed by atoms with Crippen molar-refractivity contribution in [3.8, 4) is 0 Å². The summed E-state index contributed by atoms with van der Waals surface area (Å²) in [6.45, 7) is 1.23. The Hall–Kier alpha value is -2.65. The molecule has 9 heteroatoms. The number of sulfone groups is 1. The van der Waals surface area contributed by atoms with Crippen molar-refractivity contribution in [1.82, 2.24) is 14.9 Å². The van der Waals surface area contributed by atoms with Crippen LogP contribution >= 0.6 is 0 Å². The summed E-state index contributed by atoms with van der Waals surface area (Å²) in [6, 6.07) is 7.55. The number of hydrogen-bond acceptors (Lipinski definition) is 5. The van der Waals surface area contributed by atoms with Gasteiger partial charge < -0.3 is 9.47 Å². The first-order chi connectivity index (χ1) is 11.8. The third-order valence-corrected chi connectivity index (χ3v) is 5.22. The monoisotopic (exact) mass is 363 g/mol. The lowest BCUT2D eigenvalue weighted by Gasteiger charge is -2.28. The summed E-state index contributed by atoms with van der Waals surface area (Å²) < 4.78 is 25.2. The van der Waals surface area contributed by atoms with Gasteiger partial charge in [-0.25, -0.2) is 13.9 Å². The highest BCUT2D eigenvalue weighted by molar-refractivity contribution is 7.90. The minimum Gasteiger partial charge on any atom is -0.347 e. The number of fused-ring (bicyclic) bond motifs is 1. The van der Waals surface area contributed by atoms with Crippen molar-refractivity contribution in [2.75, 3.05) is 12.8 Å². The first-order valence-electron chi connectivity index (χ1n) is 7.52. The third kappa shape index (κ3) is 3.42. The van der Waals surface area contributed by atoms with Crippen LogP contribution in [0.2, 0.25) is 0 Å². The van der Waals surface area contributed by atoms with Crippen LogP contribution in [0.5, 0.6) is 0 Å². The maximum atomic E-state index is 12.7. The Bertz CT molecular complexity index is 948. The molecule has 25 heavy (non-hydrogen) atoms. The number of amides is 2. The average molecular weight is 363 g/mol. The van der Waals surface area contributed by atoms with Crippen molar-refractivity contribution < 1.29 is 23.2 Å². The average Bonchev–Trinajstić information content (AvgIpc) is 3.03. The number of benzene rings is 1. The molecule has 2 amide bonds. The number of nitrogens with one attached hydrogen (secondary N) is 1. The van der Waals surface area contributed by atoms with E-state index in [0.717, 1.165) is 11.9 Å². The van der Waals surface area contributed by atoms with E-state index in [1.54, 1.807) is 34.8 Å². The fraction of sp³-hybridized carbons (Fsp3) is 0.250. The number of carbonyl (C=O) groups is 2. The number of hydrogen-bond donors (Lipinski definition) is 2. The summed E-state index contributed by atoms with van der Waals surface area (Å²) >= 11 is 0. The van der Waals surface area contributed by atoms with Gasteiger partial charge in [0.05, 0.1) is 17.0 Å². The SMILES string of the molecule is CS(=O)(=O)c1cccc(C(=O)N2CCn3cc(C(=O)NO)cc3C2)c1. The van der Waals surface area contributed by atoms with E-state index in [1.807, 2.05) is 4.57 Å². The molecule has 0 spiro atoms. The molecule has 3 rings (SSSR count). The largest absolute Gasteiger partial charge is 0.347 e. The van der Waals surface area contributed by atoms with Crippen LogP contribution in [0.1, 0.15) is 26.4 Å². The van der Waals surface area contributed by atoms with Gasteiger partial charge >= 0.3 is 0 Å². The number of hydroxylamine groups is 1. The first-order valence-corrected chi connectivity index (χ1v) is 9.41. The van der Waals surface area contributed by atoms with Crippen LogP contribution < -0.4 is 5.48 Å². The Morgan fingerprint density at radius 3 is 2.60 bits per heavy atom. The molecule has 0 saturated heterocycles. The minimum absolute atomic E-state index is 0.0978. The van der Waals surface area contributed by atoms with Crippen molar-refractivity contribution in [3.63, 3.8) is 0 Å². The second-order valence-corrected chi connectivity index (χ2v) is 7.90. The van der Waals surface area contributed by atoms with Gasteiger partial charge in [0.15, 0.2) is 9.84 Å². The second-order valence-electron chi connectivity index (χ2n) is 5.88. The topological polar surface area (TPSA) is 109 Å². The number of rotatable bonds is 3. The van der Waals surface area contributed by atoms with Gasteiger partial charge in [-0.1, -0.05) is 6.07 Å². The van der Waals surface area contributed by atoms with Crippen LogP contribution in [0, 0.1) is 0 Å². The Kier molecular flexibility index (Phi) is 4.36. The highest BCUT2D eigenvalue weighted by Gasteiger charge is 2.24. The van der Waals surface area contributed by atoms with E-state index in [1.165, 1.54) is 12.1 Å². The number of aromatic nitrogens is 1. The standard InChI is InChI=1S/C16H17N3O5S/c1-25(23,24)14-4-2-3-11(8-14)16(21)19-6-5-18-9-12(15(20)17-22)7-13(18)10-19/h2-4,7-9,22H,5-6,10H2,1H3,(H,17,20). The molecule has 1 aromatic heterocycles. The second kappa shape index (κ2) is 6.34. The summed E-state index contributed by atoms with van der Waals surface area (Å²) in [6.07, 6.45) is 2.71. The van der Waals surface area contributed by atoms with Crippen LogP contribution in [0.4, 0.5) is 0 Å². The molecule has 0 aliphatic carbocycles. The predicted octanol–water partition coefficient (Wildman–Crippen LogP) is 0.667. The molecule has 8 nitrogen and oxygen atoms in total. The third-order valence-electron chi connectivity index (χ3n) is 4.11. The lowest BCUT2D eigenvalue weighted by atomic mass is 10.1. The maximum Gasteiger partial charge on any atom is 0.276 e. The van der Waals surface area contributed by atoms with E-state index in [0.29, 0.717) is 30.8 Å².